The molecule has 0 bridgehead atoms. The number of H-pyrrole nitrogens is 1. The number of nitrogens with two attached hydrogens (primary N) is 1. The highest BCUT2D eigenvalue weighted by molar-refractivity contribution is 6.00. The van der Waals surface area contributed by atoms with E-state index in [4.69, 9.17) is 10.5 Å². The molecule has 3 heterocycles. The first-order valence-electron chi connectivity index (χ1n) is 11.1. The lowest BCUT2D eigenvalue weighted by atomic mass is 10.1. The lowest BCUT2D eigenvalue weighted by Crippen LogP contribution is -2.27. The number of imidazole rings is 1. The third-order valence-corrected chi connectivity index (χ3v) is 5.86. The molecular weight excluding hydrogens is 529 g/mol. The molecule has 10 nitrogen and oxygen atoms in total. The number of benzene rings is 1. The first-order chi connectivity index (χ1) is 18.4. The Kier molecular flexibility index (Phi) is 7.05. The van der Waals surface area contributed by atoms with Gasteiger partial charge in [0, 0.05) is 26.1 Å². The van der Waals surface area contributed by atoms with Gasteiger partial charge in [-0.2, -0.15) is 18.3 Å². The SMILES string of the molecule is C=CC(=O)N1C[C@@H](n2nc(C#Cc3c(F)cc4[nH]c(C(F)(F)F)nc4c3F)c(C(N)=O)c2NC)C/C1=C\OC. The second-order valence-corrected chi connectivity index (χ2v) is 8.26. The number of primary amides is 1. The molecule has 0 aliphatic carbocycles. The number of hydrogen-bond donors (Lipinski definition) is 3. The number of amides is 2. The van der Waals surface area contributed by atoms with Crippen molar-refractivity contribution in [2.24, 2.45) is 5.73 Å². The molecule has 4 rings (SSSR count). The van der Waals surface area contributed by atoms with Crippen LogP contribution in [0.4, 0.5) is 27.8 Å². The Morgan fingerprint density at radius 3 is 2.64 bits per heavy atom. The van der Waals surface area contributed by atoms with Crippen LogP contribution in [0.2, 0.25) is 0 Å². The van der Waals surface area contributed by atoms with E-state index in [1.807, 2.05) is 4.98 Å². The smallest absolute Gasteiger partial charge is 0.449 e. The number of alkyl halides is 3. The van der Waals surface area contributed by atoms with Crippen LogP contribution in [-0.2, 0) is 15.7 Å². The number of anilines is 1. The lowest BCUT2D eigenvalue weighted by Gasteiger charge is -2.16. The second-order valence-electron chi connectivity index (χ2n) is 8.26. The van der Waals surface area contributed by atoms with Gasteiger partial charge in [0.05, 0.1) is 29.9 Å². The van der Waals surface area contributed by atoms with Gasteiger partial charge in [-0.1, -0.05) is 12.5 Å². The average Bonchev–Trinajstić information content (AvgIpc) is 3.58. The van der Waals surface area contributed by atoms with Crippen LogP contribution >= 0.6 is 0 Å². The number of ether oxygens (including phenoxy) is 1. The van der Waals surface area contributed by atoms with E-state index in [2.05, 4.69) is 33.8 Å². The van der Waals surface area contributed by atoms with Crippen molar-refractivity contribution < 1.29 is 36.3 Å². The van der Waals surface area contributed by atoms with E-state index in [1.54, 1.807) is 0 Å². The molecule has 0 radical (unpaired) electrons. The van der Waals surface area contributed by atoms with Crippen LogP contribution in [0.3, 0.4) is 0 Å². The highest BCUT2D eigenvalue weighted by atomic mass is 19.4. The van der Waals surface area contributed by atoms with Crippen molar-refractivity contribution in [3.8, 4) is 11.8 Å². The number of fused-ring (bicyclic) bond motifs is 1. The molecule has 204 valence electrons. The van der Waals surface area contributed by atoms with Gasteiger partial charge >= 0.3 is 6.18 Å². The third kappa shape index (κ3) is 4.88. The van der Waals surface area contributed by atoms with Gasteiger partial charge in [-0.15, -0.1) is 0 Å². The fourth-order valence-electron chi connectivity index (χ4n) is 4.21. The molecule has 39 heavy (non-hydrogen) atoms. The van der Waals surface area contributed by atoms with Crippen molar-refractivity contribution in [3.63, 3.8) is 0 Å². The summed E-state index contributed by atoms with van der Waals surface area (Å²) in [5.74, 6) is -0.836. The van der Waals surface area contributed by atoms with E-state index in [9.17, 15) is 31.5 Å². The van der Waals surface area contributed by atoms with Gasteiger partial charge in [-0.25, -0.2) is 18.4 Å². The molecule has 1 atom stereocenters. The Bertz CT molecular complexity index is 1590. The molecule has 15 heteroatoms. The van der Waals surface area contributed by atoms with Gasteiger partial charge in [0.25, 0.3) is 5.91 Å². The van der Waals surface area contributed by atoms with E-state index in [1.165, 1.54) is 30.0 Å². The van der Waals surface area contributed by atoms with Crippen molar-refractivity contribution in [2.75, 3.05) is 26.0 Å². The monoisotopic (exact) mass is 549 g/mol. The summed E-state index contributed by atoms with van der Waals surface area (Å²) in [6, 6.07) is 0.103. The third-order valence-electron chi connectivity index (χ3n) is 5.86. The molecule has 2 amide bonds. The maximum absolute atomic E-state index is 15.0. The van der Waals surface area contributed by atoms with E-state index >= 15 is 0 Å². The summed E-state index contributed by atoms with van der Waals surface area (Å²) in [5.41, 5.74) is 3.44. The number of allylic oxidation sites excluding steroid dienone is 1. The first kappa shape index (κ1) is 27.2. The summed E-state index contributed by atoms with van der Waals surface area (Å²) < 4.78 is 74.9. The number of halogens is 5. The number of aromatic nitrogens is 4. The molecular formula is C24H20F5N7O3. The fourth-order valence-corrected chi connectivity index (χ4v) is 4.21. The largest absolute Gasteiger partial charge is 0.503 e. The summed E-state index contributed by atoms with van der Waals surface area (Å²) in [7, 11) is 2.89. The van der Waals surface area contributed by atoms with Crippen molar-refractivity contribution >= 4 is 28.7 Å². The van der Waals surface area contributed by atoms with E-state index < -0.39 is 58.1 Å². The van der Waals surface area contributed by atoms with Gasteiger partial charge in [0.2, 0.25) is 11.7 Å². The summed E-state index contributed by atoms with van der Waals surface area (Å²) >= 11 is 0. The van der Waals surface area contributed by atoms with Crippen LogP contribution in [-0.4, -0.2) is 57.2 Å². The highest BCUT2D eigenvalue weighted by Gasteiger charge is 2.36. The summed E-state index contributed by atoms with van der Waals surface area (Å²) in [6.07, 6.45) is -2.17. The Labute approximate surface area is 217 Å². The molecule has 1 aliphatic rings. The number of nitrogens with zero attached hydrogens (tertiary/aromatic N) is 4. The number of carbonyl (C=O) groups is 2. The summed E-state index contributed by atoms with van der Waals surface area (Å²) in [6.45, 7) is 3.59. The zero-order valence-electron chi connectivity index (χ0n) is 20.4. The Balaban J connectivity index is 1.81. The van der Waals surface area contributed by atoms with Crippen molar-refractivity contribution in [1.29, 1.82) is 0 Å². The molecule has 0 saturated carbocycles. The standard InChI is InChI=1S/C24H20F5N7O3/c1-4-17(37)35-9-11(7-12(35)10-39-3)36-22(31-2)18(21(30)38)15(34-36)6-5-13-14(25)8-16-20(19(13)26)33-23(32-16)24(27,28)29/h4,8,10-11,31H,1,7,9H2,2-3H3,(H2,30,38)(H,32,33)/b12-10+/t11-/m0/s1. The zero-order valence-corrected chi connectivity index (χ0v) is 20.4. The molecule has 3 aromatic rings. The lowest BCUT2D eigenvalue weighted by molar-refractivity contribution is -0.144. The average molecular weight is 549 g/mol. The number of rotatable bonds is 5. The molecule has 1 aliphatic heterocycles. The van der Waals surface area contributed by atoms with Crippen molar-refractivity contribution in [1.82, 2.24) is 24.6 Å². The minimum absolute atomic E-state index is 0.113. The van der Waals surface area contributed by atoms with Crippen LogP contribution in [0.1, 0.15) is 39.9 Å². The number of aromatic amines is 1. The van der Waals surface area contributed by atoms with Gasteiger partial charge in [-0.05, 0) is 12.0 Å². The van der Waals surface area contributed by atoms with Crippen LogP contribution in [0, 0.1) is 23.5 Å². The van der Waals surface area contributed by atoms with E-state index in [0.717, 1.165) is 6.08 Å². The van der Waals surface area contributed by atoms with Crippen LogP contribution in [0.25, 0.3) is 11.0 Å². The van der Waals surface area contributed by atoms with Gasteiger partial charge in [0.15, 0.2) is 11.5 Å². The number of methoxy groups -OCH3 is 1. The quantitative estimate of drug-likeness (QED) is 0.194. The van der Waals surface area contributed by atoms with E-state index in [-0.39, 0.29) is 30.0 Å². The summed E-state index contributed by atoms with van der Waals surface area (Å²) in [4.78, 5) is 31.0. The number of carbonyl (C=O) groups excluding carboxylic acids is 2. The molecule has 1 saturated heterocycles. The molecule has 1 aromatic carbocycles. The van der Waals surface area contributed by atoms with Crippen LogP contribution < -0.4 is 11.1 Å². The molecule has 4 N–H and O–H groups in total. The Hall–Kier alpha value is -4.87. The Morgan fingerprint density at radius 1 is 1.33 bits per heavy atom. The normalized spacial score (nSPS) is 16.3. The highest BCUT2D eigenvalue weighted by Crippen LogP contribution is 2.35. The second kappa shape index (κ2) is 10.1. The zero-order chi connectivity index (χ0) is 28.6. The number of likely N-dealkylation sites (tertiary alicyclic amines) is 1. The van der Waals surface area contributed by atoms with Gasteiger partial charge < -0.3 is 25.7 Å². The number of hydrogen-bond acceptors (Lipinski definition) is 6. The van der Waals surface area contributed by atoms with Crippen LogP contribution in [0.15, 0.2) is 30.7 Å². The Morgan fingerprint density at radius 2 is 2.05 bits per heavy atom. The minimum atomic E-state index is -4.91. The molecule has 0 unspecified atom stereocenters. The van der Waals surface area contributed by atoms with Crippen molar-refractivity contribution in [2.45, 2.75) is 18.6 Å². The van der Waals surface area contributed by atoms with Crippen molar-refractivity contribution in [3.05, 3.63) is 65.0 Å². The van der Waals surface area contributed by atoms with Crippen LogP contribution in [0.5, 0.6) is 0 Å². The predicted octanol–water partition coefficient (Wildman–Crippen LogP) is 3.04. The van der Waals surface area contributed by atoms with Gasteiger partial charge in [0.1, 0.15) is 29.0 Å². The molecule has 2 aromatic heterocycles. The predicted molar refractivity (Wildman–Crippen MR) is 128 cm³/mol. The fraction of sp³-hybridized carbons (Fsp3) is 0.250. The van der Waals surface area contributed by atoms with E-state index in [0.29, 0.717) is 11.8 Å². The number of nitrogens with one attached hydrogen (secondary N) is 2. The topological polar surface area (TPSA) is 131 Å². The van der Waals surface area contributed by atoms with Gasteiger partial charge in [-0.3, -0.25) is 9.59 Å². The molecule has 1 fully saturated rings. The minimum Gasteiger partial charge on any atom is -0.503 e. The first-order valence-corrected chi connectivity index (χ1v) is 11.1. The maximum atomic E-state index is 15.0. The summed E-state index contributed by atoms with van der Waals surface area (Å²) in [5, 5.41) is 7.10. The molecule has 0 spiro atoms. The maximum Gasteiger partial charge on any atom is 0.449 e.